The van der Waals surface area contributed by atoms with E-state index >= 15 is 0 Å². The van der Waals surface area contributed by atoms with Gasteiger partial charge in [0.1, 0.15) is 23.0 Å². The normalized spacial score (nSPS) is 9.43. The van der Waals surface area contributed by atoms with Crippen molar-refractivity contribution in [2.75, 3.05) is 13.2 Å². The highest BCUT2D eigenvalue weighted by molar-refractivity contribution is 14.1. The summed E-state index contributed by atoms with van der Waals surface area (Å²) in [4.78, 5) is 3.76. The fraction of sp³-hybridized carbons (Fsp3) is 1.00. The largest absolute Gasteiger partial charge is 0.316 e. The summed E-state index contributed by atoms with van der Waals surface area (Å²) in [6.07, 6.45) is 0.736. The Labute approximate surface area is 56.2 Å². The molecule has 0 radical (unpaired) electrons. The number of hydrogen-bond donors (Lipinski definition) is 1. The summed E-state index contributed by atoms with van der Waals surface area (Å²) in [5, 5.41) is 7.73. The predicted molar refractivity (Wildman–Crippen MR) is 33.2 cm³/mol. The Morgan fingerprint density at radius 3 is 2.57 bits per heavy atom. The minimum absolute atomic E-state index is 0.350. The van der Waals surface area contributed by atoms with E-state index in [1.807, 2.05) is 0 Å². The second kappa shape index (κ2) is 6.61. The maximum Gasteiger partial charge on any atom is 0.109 e. The molecule has 0 amide bonds. The third-order valence-electron chi connectivity index (χ3n) is 0.457. The molecular formula is C3H7IO3. The average molecular weight is 218 g/mol. The minimum atomic E-state index is 0.350. The summed E-state index contributed by atoms with van der Waals surface area (Å²) in [5.74, 6) is 0. The van der Waals surface area contributed by atoms with Gasteiger partial charge >= 0.3 is 0 Å². The van der Waals surface area contributed by atoms with E-state index in [1.165, 1.54) is 0 Å². The molecule has 0 rings (SSSR count). The van der Waals surface area contributed by atoms with Gasteiger partial charge in [0.05, 0.1) is 13.2 Å². The minimum Gasteiger partial charge on any atom is -0.316 e. The summed E-state index contributed by atoms with van der Waals surface area (Å²) in [6.45, 7) is 0.976. The van der Waals surface area contributed by atoms with E-state index in [9.17, 15) is 0 Å². The van der Waals surface area contributed by atoms with E-state index in [0.29, 0.717) is 13.2 Å². The lowest BCUT2D eigenvalue weighted by molar-refractivity contribution is -0.243. The first-order chi connectivity index (χ1) is 3.41. The van der Waals surface area contributed by atoms with Crippen LogP contribution in [0, 0.1) is 0 Å². The average Bonchev–Trinajstić information content (AvgIpc) is 1.69. The Morgan fingerprint density at radius 2 is 2.14 bits per heavy atom. The van der Waals surface area contributed by atoms with Crippen LogP contribution in [0.1, 0.15) is 6.42 Å². The number of hydrogen-bond acceptors (Lipinski definition) is 3. The molecule has 1 N–H and O–H groups in total. The highest BCUT2D eigenvalue weighted by Crippen LogP contribution is 1.87. The lowest BCUT2D eigenvalue weighted by Crippen LogP contribution is -1.92. The molecule has 0 spiro atoms. The van der Waals surface area contributed by atoms with Crippen LogP contribution >= 0.6 is 23.0 Å². The molecule has 0 aromatic heterocycles. The van der Waals surface area contributed by atoms with Crippen molar-refractivity contribution in [2.24, 2.45) is 0 Å². The van der Waals surface area contributed by atoms with Crippen LogP contribution in [0.3, 0.4) is 0 Å². The quantitative estimate of drug-likeness (QED) is 0.334. The summed E-state index contributed by atoms with van der Waals surface area (Å²) < 4.78 is 4.62. The van der Waals surface area contributed by atoms with Gasteiger partial charge in [0, 0.05) is 0 Å². The maximum absolute atomic E-state index is 7.73. The summed E-state index contributed by atoms with van der Waals surface area (Å²) in [7, 11) is 0. The fourth-order valence-corrected chi connectivity index (χ4v) is 0.489. The van der Waals surface area contributed by atoms with Crippen molar-refractivity contribution in [1.82, 2.24) is 0 Å². The Morgan fingerprint density at radius 1 is 1.43 bits per heavy atom. The lowest BCUT2D eigenvalue weighted by Gasteiger charge is -1.90. The van der Waals surface area contributed by atoms with Crippen LogP contribution < -0.4 is 0 Å². The molecule has 0 aliphatic carbocycles. The maximum atomic E-state index is 7.73. The molecule has 3 nitrogen and oxygen atoms in total. The van der Waals surface area contributed by atoms with Crippen LogP contribution in [0.2, 0.25) is 0 Å². The first kappa shape index (κ1) is 7.61. The molecule has 0 fully saturated rings. The van der Waals surface area contributed by atoms with E-state index in [2.05, 4.69) is 7.95 Å². The van der Waals surface area contributed by atoms with Gasteiger partial charge in [-0.3, -0.25) is 5.26 Å². The molecule has 0 unspecified atom stereocenters. The molecule has 0 heterocycles. The van der Waals surface area contributed by atoms with Crippen LogP contribution in [0.25, 0.3) is 0 Å². The lowest BCUT2D eigenvalue weighted by atomic mass is 10.5. The molecule has 4 heteroatoms. The summed E-state index contributed by atoms with van der Waals surface area (Å²) in [6, 6.07) is 0. The van der Waals surface area contributed by atoms with E-state index in [0.717, 1.165) is 6.42 Å². The molecule has 0 aliphatic rings. The van der Waals surface area contributed by atoms with Crippen molar-refractivity contribution in [3.8, 4) is 0 Å². The third-order valence-corrected chi connectivity index (χ3v) is 0.898. The first-order valence-corrected chi connectivity index (χ1v) is 2.80. The molecule has 0 saturated carbocycles. The summed E-state index contributed by atoms with van der Waals surface area (Å²) in [5.41, 5.74) is 0. The van der Waals surface area contributed by atoms with E-state index in [-0.39, 0.29) is 0 Å². The van der Waals surface area contributed by atoms with Crippen molar-refractivity contribution in [3.05, 3.63) is 0 Å². The fourth-order valence-electron chi connectivity index (χ4n) is 0.178. The molecule has 7 heavy (non-hydrogen) atoms. The zero-order chi connectivity index (χ0) is 5.54. The topological polar surface area (TPSA) is 38.7 Å². The van der Waals surface area contributed by atoms with Crippen LogP contribution in [-0.2, 0) is 7.95 Å². The Hall–Kier alpha value is 0.610. The standard InChI is InChI=1S/C3H7IO3/c4-6-2-1-3-7-5/h5H,1-3H2. The van der Waals surface area contributed by atoms with Gasteiger partial charge in [0.15, 0.2) is 0 Å². The Kier molecular flexibility index (Phi) is 7.19. The van der Waals surface area contributed by atoms with Gasteiger partial charge in [-0.15, -0.1) is 0 Å². The van der Waals surface area contributed by atoms with Gasteiger partial charge in [0.2, 0.25) is 0 Å². The van der Waals surface area contributed by atoms with Gasteiger partial charge in [-0.2, -0.15) is 0 Å². The van der Waals surface area contributed by atoms with Crippen LogP contribution in [-0.4, -0.2) is 18.5 Å². The molecule has 0 aliphatic heterocycles. The van der Waals surface area contributed by atoms with Gasteiger partial charge < -0.3 is 3.07 Å². The second-order valence-electron chi connectivity index (χ2n) is 1.00. The van der Waals surface area contributed by atoms with Gasteiger partial charge in [-0.25, -0.2) is 4.89 Å². The Balaban J connectivity index is 2.45. The molecule has 0 bridgehead atoms. The van der Waals surface area contributed by atoms with Crippen molar-refractivity contribution in [3.63, 3.8) is 0 Å². The highest BCUT2D eigenvalue weighted by Gasteiger charge is 1.82. The smallest absolute Gasteiger partial charge is 0.109 e. The first-order valence-electron chi connectivity index (χ1n) is 1.91. The zero-order valence-corrected chi connectivity index (χ0v) is 5.92. The van der Waals surface area contributed by atoms with E-state index in [4.69, 9.17) is 5.26 Å². The van der Waals surface area contributed by atoms with Crippen molar-refractivity contribution in [1.29, 1.82) is 0 Å². The SMILES string of the molecule is OOCCCOI. The monoisotopic (exact) mass is 218 g/mol. The van der Waals surface area contributed by atoms with Crippen molar-refractivity contribution < 1.29 is 13.2 Å². The van der Waals surface area contributed by atoms with Crippen LogP contribution in [0.5, 0.6) is 0 Å². The molecular weight excluding hydrogens is 211 g/mol. The van der Waals surface area contributed by atoms with Crippen molar-refractivity contribution >= 4 is 23.0 Å². The van der Waals surface area contributed by atoms with E-state index < -0.39 is 0 Å². The second-order valence-corrected chi connectivity index (χ2v) is 1.62. The van der Waals surface area contributed by atoms with Crippen molar-refractivity contribution in [2.45, 2.75) is 6.42 Å². The van der Waals surface area contributed by atoms with E-state index in [1.54, 1.807) is 23.0 Å². The van der Waals surface area contributed by atoms with Gasteiger partial charge in [0.25, 0.3) is 0 Å². The zero-order valence-electron chi connectivity index (χ0n) is 3.76. The molecule has 0 atom stereocenters. The number of rotatable bonds is 4. The summed E-state index contributed by atoms with van der Waals surface area (Å²) >= 11 is 1.79. The van der Waals surface area contributed by atoms with Crippen LogP contribution in [0.4, 0.5) is 0 Å². The highest BCUT2D eigenvalue weighted by atomic mass is 127. The molecule has 0 saturated heterocycles. The van der Waals surface area contributed by atoms with Gasteiger partial charge in [-0.1, -0.05) is 0 Å². The van der Waals surface area contributed by atoms with Crippen LogP contribution in [0.15, 0.2) is 0 Å². The Bertz CT molecular complexity index is 29.4. The molecule has 0 aromatic carbocycles. The predicted octanol–water partition coefficient (Wildman–Crippen LogP) is 1.23. The molecule has 0 aromatic rings. The number of halogens is 1. The van der Waals surface area contributed by atoms with Gasteiger partial charge in [-0.05, 0) is 6.42 Å². The molecule has 44 valence electrons. The third kappa shape index (κ3) is 6.61.